The van der Waals surface area contributed by atoms with Gasteiger partial charge in [0.25, 0.3) is 0 Å². The molecule has 0 spiro atoms. The average molecular weight is 208 g/mol. The predicted molar refractivity (Wildman–Crippen MR) is 53.6 cm³/mol. The molecule has 1 aromatic carbocycles. The molecular formula is C10H8ClN2O. The van der Waals surface area contributed by atoms with Crippen molar-refractivity contribution in [3.8, 4) is 6.07 Å². The third kappa shape index (κ3) is 2.24. The van der Waals surface area contributed by atoms with Crippen molar-refractivity contribution >= 4 is 17.5 Å². The van der Waals surface area contributed by atoms with E-state index >= 15 is 0 Å². The summed E-state index contributed by atoms with van der Waals surface area (Å²) in [5.41, 5.74) is 6.13. The maximum atomic E-state index is 10.9. The molecule has 0 aliphatic rings. The van der Waals surface area contributed by atoms with Crippen molar-refractivity contribution in [3.63, 3.8) is 0 Å². The number of nitrogens with two attached hydrogens (primary N) is 1. The molecule has 1 aromatic rings. The predicted octanol–water partition coefficient (Wildman–Crippen LogP) is 1.71. The Morgan fingerprint density at radius 1 is 1.64 bits per heavy atom. The third-order valence-corrected chi connectivity index (χ3v) is 2.20. The molecule has 1 rings (SSSR count). The van der Waals surface area contributed by atoms with E-state index in [-0.39, 0.29) is 5.56 Å². The number of amides is 1. The minimum absolute atomic E-state index is 0.288. The molecule has 1 radical (unpaired) electrons. The fourth-order valence-electron chi connectivity index (χ4n) is 1.08. The van der Waals surface area contributed by atoms with Crippen molar-refractivity contribution in [2.45, 2.75) is 6.42 Å². The van der Waals surface area contributed by atoms with E-state index in [1.807, 2.05) is 6.07 Å². The smallest absolute Gasteiger partial charge is 0.250 e. The zero-order valence-electron chi connectivity index (χ0n) is 7.33. The van der Waals surface area contributed by atoms with Gasteiger partial charge in [-0.15, -0.1) is 0 Å². The van der Waals surface area contributed by atoms with Gasteiger partial charge in [-0.05, 0) is 18.1 Å². The minimum Gasteiger partial charge on any atom is -0.366 e. The van der Waals surface area contributed by atoms with Gasteiger partial charge in [-0.3, -0.25) is 4.79 Å². The van der Waals surface area contributed by atoms with Crippen LogP contribution in [0.5, 0.6) is 0 Å². The molecule has 0 saturated carbocycles. The quantitative estimate of drug-likeness (QED) is 0.820. The number of hydrogen-bond donors (Lipinski definition) is 1. The second-order valence-corrected chi connectivity index (χ2v) is 3.06. The van der Waals surface area contributed by atoms with Gasteiger partial charge in [0.2, 0.25) is 5.91 Å². The lowest BCUT2D eigenvalue weighted by Gasteiger charge is -2.04. The molecule has 0 fully saturated rings. The van der Waals surface area contributed by atoms with Crippen molar-refractivity contribution < 1.29 is 4.79 Å². The van der Waals surface area contributed by atoms with Crippen LogP contribution in [-0.4, -0.2) is 5.91 Å². The monoisotopic (exact) mass is 207 g/mol. The summed E-state index contributed by atoms with van der Waals surface area (Å²) in [7, 11) is 0. The number of halogens is 1. The Labute approximate surface area is 87.1 Å². The van der Waals surface area contributed by atoms with Gasteiger partial charge >= 0.3 is 0 Å². The van der Waals surface area contributed by atoms with Crippen molar-refractivity contribution in [2.75, 3.05) is 0 Å². The first-order valence-corrected chi connectivity index (χ1v) is 4.33. The minimum atomic E-state index is -0.561. The lowest BCUT2D eigenvalue weighted by molar-refractivity contribution is 0.100. The van der Waals surface area contributed by atoms with Gasteiger partial charge in [0.05, 0.1) is 23.1 Å². The van der Waals surface area contributed by atoms with E-state index in [0.717, 1.165) is 5.56 Å². The number of hydrogen-bond acceptors (Lipinski definition) is 2. The molecule has 2 N–H and O–H groups in total. The van der Waals surface area contributed by atoms with Crippen LogP contribution in [0.3, 0.4) is 0 Å². The molecule has 71 valence electrons. The fraction of sp³-hybridized carbons (Fsp3) is 0.100. The summed E-state index contributed by atoms with van der Waals surface area (Å²) in [6.45, 7) is 0. The van der Waals surface area contributed by atoms with E-state index in [1.54, 1.807) is 18.2 Å². The Morgan fingerprint density at radius 2 is 2.36 bits per heavy atom. The number of primary amides is 1. The highest BCUT2D eigenvalue weighted by molar-refractivity contribution is 6.34. The first-order chi connectivity index (χ1) is 6.66. The van der Waals surface area contributed by atoms with E-state index in [9.17, 15) is 4.79 Å². The van der Waals surface area contributed by atoms with Gasteiger partial charge < -0.3 is 5.73 Å². The second-order valence-electron chi connectivity index (χ2n) is 2.68. The summed E-state index contributed by atoms with van der Waals surface area (Å²) >= 11 is 5.91. The van der Waals surface area contributed by atoms with Crippen molar-refractivity contribution in [2.24, 2.45) is 5.73 Å². The van der Waals surface area contributed by atoms with E-state index in [4.69, 9.17) is 22.6 Å². The average Bonchev–Trinajstić information content (AvgIpc) is 2.16. The van der Waals surface area contributed by atoms with E-state index in [2.05, 4.69) is 0 Å². The van der Waals surface area contributed by atoms with Gasteiger partial charge in [0.15, 0.2) is 0 Å². The van der Waals surface area contributed by atoms with E-state index < -0.39 is 5.91 Å². The summed E-state index contributed by atoms with van der Waals surface area (Å²) in [5.74, 6) is -0.561. The lowest BCUT2D eigenvalue weighted by atomic mass is 10.1. The van der Waals surface area contributed by atoms with Crippen LogP contribution in [0.15, 0.2) is 18.2 Å². The van der Waals surface area contributed by atoms with Gasteiger partial charge in [-0.2, -0.15) is 5.26 Å². The van der Waals surface area contributed by atoms with Crippen molar-refractivity contribution in [3.05, 3.63) is 40.8 Å². The van der Waals surface area contributed by atoms with Gasteiger partial charge in [0.1, 0.15) is 0 Å². The van der Waals surface area contributed by atoms with Gasteiger partial charge in [0, 0.05) is 0 Å². The second kappa shape index (κ2) is 4.64. The van der Waals surface area contributed by atoms with Gasteiger partial charge in [-0.1, -0.05) is 23.7 Å². The van der Waals surface area contributed by atoms with E-state index in [1.165, 1.54) is 6.42 Å². The summed E-state index contributed by atoms with van der Waals surface area (Å²) < 4.78 is 0. The van der Waals surface area contributed by atoms with Crippen LogP contribution >= 0.6 is 11.6 Å². The normalized spacial score (nSPS) is 9.43. The summed E-state index contributed by atoms with van der Waals surface area (Å²) in [6, 6.07) is 6.89. The molecule has 4 heteroatoms. The standard InChI is InChI=1S/C10H8ClN2O/c11-9-7(4-2-6-12)3-1-5-8(9)10(13)14/h1-3,5H,4H2,(H2,13,14). The summed E-state index contributed by atoms with van der Waals surface area (Å²) in [6.07, 6.45) is 1.82. The number of benzene rings is 1. The van der Waals surface area contributed by atoms with Crippen LogP contribution < -0.4 is 5.73 Å². The molecule has 1 amide bonds. The highest BCUT2D eigenvalue weighted by atomic mass is 35.5. The molecule has 0 aromatic heterocycles. The highest BCUT2D eigenvalue weighted by Crippen LogP contribution is 2.21. The van der Waals surface area contributed by atoms with Crippen LogP contribution in [0.1, 0.15) is 15.9 Å². The Kier molecular flexibility index (Phi) is 3.49. The van der Waals surface area contributed by atoms with Crippen LogP contribution in [0, 0.1) is 17.8 Å². The molecule has 0 aliphatic carbocycles. The molecule has 0 aliphatic heterocycles. The molecule has 0 unspecified atom stereocenters. The summed E-state index contributed by atoms with van der Waals surface area (Å²) in [5, 5.41) is 8.68. The Bertz CT molecular complexity index is 396. The Morgan fingerprint density at radius 3 is 2.93 bits per heavy atom. The van der Waals surface area contributed by atoms with Crippen LogP contribution in [0.2, 0.25) is 5.02 Å². The van der Waals surface area contributed by atoms with Crippen molar-refractivity contribution in [1.29, 1.82) is 5.26 Å². The fourth-order valence-corrected chi connectivity index (χ4v) is 1.38. The molecule has 0 heterocycles. The molecule has 14 heavy (non-hydrogen) atoms. The first kappa shape index (κ1) is 10.6. The van der Waals surface area contributed by atoms with Gasteiger partial charge in [-0.25, -0.2) is 0 Å². The Balaban J connectivity index is 3.02. The number of nitriles is 1. The van der Waals surface area contributed by atoms with Crippen LogP contribution in [0.4, 0.5) is 0 Å². The maximum absolute atomic E-state index is 10.9. The van der Waals surface area contributed by atoms with Crippen LogP contribution in [0.25, 0.3) is 0 Å². The molecule has 0 saturated heterocycles. The zero-order chi connectivity index (χ0) is 10.6. The highest BCUT2D eigenvalue weighted by Gasteiger charge is 2.09. The maximum Gasteiger partial charge on any atom is 0.250 e. The largest absolute Gasteiger partial charge is 0.366 e. The SMILES string of the molecule is N#C[CH]Cc1cccc(C(N)=O)c1Cl. The Hall–Kier alpha value is -1.53. The molecule has 3 nitrogen and oxygen atoms in total. The molecule has 0 atom stereocenters. The number of rotatable bonds is 3. The number of nitrogens with zero attached hydrogens (tertiary/aromatic N) is 1. The number of carbonyl (C=O) groups excluding carboxylic acids is 1. The zero-order valence-corrected chi connectivity index (χ0v) is 8.08. The van der Waals surface area contributed by atoms with Crippen molar-refractivity contribution in [1.82, 2.24) is 0 Å². The molecule has 0 bridgehead atoms. The molecular weight excluding hydrogens is 200 g/mol. The van der Waals surface area contributed by atoms with Crippen LogP contribution in [-0.2, 0) is 6.42 Å². The first-order valence-electron chi connectivity index (χ1n) is 3.95. The third-order valence-electron chi connectivity index (χ3n) is 1.76. The lowest BCUT2D eigenvalue weighted by Crippen LogP contribution is -2.12. The van der Waals surface area contributed by atoms with E-state index in [0.29, 0.717) is 11.4 Å². The summed E-state index contributed by atoms with van der Waals surface area (Å²) in [4.78, 5) is 10.9. The topological polar surface area (TPSA) is 66.9 Å². The number of carbonyl (C=O) groups is 1.